The van der Waals surface area contributed by atoms with Gasteiger partial charge in [-0.2, -0.15) is 0 Å². The lowest BCUT2D eigenvalue weighted by atomic mass is 10.6. The standard InChI is InChI=1S/C10H18BrNO6/c11-7-9(13)12-1-2-16-3-4-17-5-6-18-8-10(14)15/h1-8H2,(H,12,13)(H,14,15). The number of alkyl halides is 1. The third kappa shape index (κ3) is 13.4. The highest BCUT2D eigenvalue weighted by atomic mass is 79.9. The predicted molar refractivity (Wildman–Crippen MR) is 66.9 cm³/mol. The van der Waals surface area contributed by atoms with E-state index in [1.807, 2.05) is 0 Å². The second-order valence-electron chi connectivity index (χ2n) is 3.15. The summed E-state index contributed by atoms with van der Waals surface area (Å²) in [6.45, 7) is 1.98. The van der Waals surface area contributed by atoms with E-state index in [9.17, 15) is 9.59 Å². The van der Waals surface area contributed by atoms with Gasteiger partial charge in [-0.15, -0.1) is 0 Å². The normalized spacial score (nSPS) is 10.3. The molecule has 0 aliphatic carbocycles. The predicted octanol–water partition coefficient (Wildman–Crippen LogP) is -0.368. The molecule has 0 aromatic rings. The third-order valence-corrected chi connectivity index (χ3v) is 2.17. The Morgan fingerprint density at radius 3 is 2.11 bits per heavy atom. The highest BCUT2D eigenvalue weighted by molar-refractivity contribution is 9.09. The molecule has 0 saturated heterocycles. The minimum Gasteiger partial charge on any atom is -0.480 e. The van der Waals surface area contributed by atoms with Crippen LogP contribution in [0.25, 0.3) is 0 Å². The topological polar surface area (TPSA) is 94.1 Å². The molecular formula is C10H18BrNO6. The van der Waals surface area contributed by atoms with Crippen LogP contribution in [0.3, 0.4) is 0 Å². The van der Waals surface area contributed by atoms with Gasteiger partial charge >= 0.3 is 5.97 Å². The van der Waals surface area contributed by atoms with Crippen molar-refractivity contribution in [3.8, 4) is 0 Å². The smallest absolute Gasteiger partial charge is 0.329 e. The maximum absolute atomic E-state index is 10.8. The molecule has 0 bridgehead atoms. The van der Waals surface area contributed by atoms with Crippen molar-refractivity contribution in [1.29, 1.82) is 0 Å². The van der Waals surface area contributed by atoms with Crippen LogP contribution in [-0.2, 0) is 23.8 Å². The van der Waals surface area contributed by atoms with Gasteiger partial charge in [-0.25, -0.2) is 4.79 Å². The molecule has 0 unspecified atom stereocenters. The molecule has 18 heavy (non-hydrogen) atoms. The van der Waals surface area contributed by atoms with Gasteiger partial charge in [0, 0.05) is 6.54 Å². The maximum atomic E-state index is 10.8. The minimum absolute atomic E-state index is 0.0783. The molecule has 0 spiro atoms. The Bertz CT molecular complexity index is 238. The molecule has 106 valence electrons. The molecule has 0 saturated carbocycles. The van der Waals surface area contributed by atoms with Crippen molar-refractivity contribution in [3.05, 3.63) is 0 Å². The number of aliphatic carboxylic acids is 1. The molecule has 0 heterocycles. The minimum atomic E-state index is -0.996. The van der Waals surface area contributed by atoms with Crippen LogP contribution < -0.4 is 5.32 Å². The summed E-state index contributed by atoms with van der Waals surface area (Å²) < 4.78 is 15.1. The highest BCUT2D eigenvalue weighted by Crippen LogP contribution is 1.82. The Hall–Kier alpha value is -0.700. The van der Waals surface area contributed by atoms with E-state index in [-0.39, 0.29) is 24.5 Å². The Morgan fingerprint density at radius 2 is 1.56 bits per heavy atom. The number of carboxylic acid groups (broad SMARTS) is 1. The summed E-state index contributed by atoms with van der Waals surface area (Å²) in [7, 11) is 0. The summed E-state index contributed by atoms with van der Waals surface area (Å²) in [6, 6.07) is 0. The van der Waals surface area contributed by atoms with Crippen LogP contribution in [0.1, 0.15) is 0 Å². The number of amides is 1. The molecule has 0 aromatic heterocycles. The van der Waals surface area contributed by atoms with Gasteiger partial charge in [-0.3, -0.25) is 4.79 Å². The zero-order valence-corrected chi connectivity index (χ0v) is 11.6. The fourth-order valence-corrected chi connectivity index (χ4v) is 1.11. The number of halogens is 1. The molecule has 0 fully saturated rings. The van der Waals surface area contributed by atoms with Crippen molar-refractivity contribution in [1.82, 2.24) is 5.32 Å². The molecule has 7 nitrogen and oxygen atoms in total. The van der Waals surface area contributed by atoms with E-state index in [1.165, 1.54) is 0 Å². The Morgan fingerprint density at radius 1 is 1.00 bits per heavy atom. The first-order chi connectivity index (χ1) is 8.66. The van der Waals surface area contributed by atoms with Crippen molar-refractivity contribution < 1.29 is 28.9 Å². The molecule has 0 aromatic carbocycles. The summed E-state index contributed by atoms with van der Waals surface area (Å²) in [5.41, 5.74) is 0. The number of carboxylic acids is 1. The first-order valence-electron chi connectivity index (χ1n) is 5.44. The maximum Gasteiger partial charge on any atom is 0.329 e. The van der Waals surface area contributed by atoms with Gasteiger partial charge in [0.25, 0.3) is 0 Å². The van der Waals surface area contributed by atoms with E-state index >= 15 is 0 Å². The van der Waals surface area contributed by atoms with Crippen molar-refractivity contribution >= 4 is 27.8 Å². The Balaban J connectivity index is 3.03. The Kier molecular flexibility index (Phi) is 12.3. The summed E-state index contributed by atoms with van der Waals surface area (Å²) in [4.78, 5) is 20.9. The van der Waals surface area contributed by atoms with Crippen LogP contribution in [0.15, 0.2) is 0 Å². The zero-order chi connectivity index (χ0) is 13.6. The van der Waals surface area contributed by atoms with E-state index in [0.29, 0.717) is 33.0 Å². The van der Waals surface area contributed by atoms with Gasteiger partial charge in [0.2, 0.25) is 5.91 Å². The van der Waals surface area contributed by atoms with Crippen molar-refractivity contribution in [2.24, 2.45) is 0 Å². The molecule has 0 atom stereocenters. The molecule has 8 heteroatoms. The molecular weight excluding hydrogens is 310 g/mol. The molecule has 0 rings (SSSR count). The van der Waals surface area contributed by atoms with E-state index < -0.39 is 5.97 Å². The Labute approximate surface area is 114 Å². The number of hydrogen-bond acceptors (Lipinski definition) is 5. The monoisotopic (exact) mass is 327 g/mol. The number of rotatable bonds is 12. The van der Waals surface area contributed by atoms with Crippen LogP contribution in [0.2, 0.25) is 0 Å². The quantitative estimate of drug-likeness (QED) is 0.375. The van der Waals surface area contributed by atoms with Gasteiger partial charge in [-0.1, -0.05) is 15.9 Å². The van der Waals surface area contributed by atoms with Crippen LogP contribution in [0.4, 0.5) is 0 Å². The fourth-order valence-electron chi connectivity index (χ4n) is 0.909. The SMILES string of the molecule is O=C(O)COCCOCCOCCNC(=O)CBr. The molecule has 0 radical (unpaired) electrons. The summed E-state index contributed by atoms with van der Waals surface area (Å²) >= 11 is 3.03. The number of carbonyl (C=O) groups excluding carboxylic acids is 1. The second kappa shape index (κ2) is 12.7. The lowest BCUT2D eigenvalue weighted by molar-refractivity contribution is -0.142. The van der Waals surface area contributed by atoms with E-state index in [4.69, 9.17) is 19.3 Å². The van der Waals surface area contributed by atoms with Crippen LogP contribution in [0.5, 0.6) is 0 Å². The first-order valence-corrected chi connectivity index (χ1v) is 6.56. The molecule has 0 aliphatic heterocycles. The average Bonchev–Trinajstić information content (AvgIpc) is 2.35. The number of ether oxygens (including phenoxy) is 3. The fraction of sp³-hybridized carbons (Fsp3) is 0.800. The summed E-state index contributed by atoms with van der Waals surface area (Å²) in [6.07, 6.45) is 0. The van der Waals surface area contributed by atoms with Gasteiger partial charge in [-0.05, 0) is 0 Å². The number of carbonyl (C=O) groups is 2. The lowest BCUT2D eigenvalue weighted by Crippen LogP contribution is -2.28. The van der Waals surface area contributed by atoms with Gasteiger partial charge in [0.15, 0.2) is 0 Å². The highest BCUT2D eigenvalue weighted by Gasteiger charge is 1.97. The third-order valence-electron chi connectivity index (χ3n) is 1.66. The van der Waals surface area contributed by atoms with E-state index in [0.717, 1.165) is 0 Å². The van der Waals surface area contributed by atoms with Crippen LogP contribution >= 0.6 is 15.9 Å². The summed E-state index contributed by atoms with van der Waals surface area (Å²) in [5.74, 6) is -1.07. The van der Waals surface area contributed by atoms with Crippen molar-refractivity contribution in [2.75, 3.05) is 51.5 Å². The van der Waals surface area contributed by atoms with Crippen LogP contribution in [0, 0.1) is 0 Å². The second-order valence-corrected chi connectivity index (χ2v) is 3.72. The average molecular weight is 328 g/mol. The van der Waals surface area contributed by atoms with Crippen LogP contribution in [-0.4, -0.2) is 68.5 Å². The van der Waals surface area contributed by atoms with Gasteiger partial charge in [0.05, 0.1) is 38.4 Å². The zero-order valence-electron chi connectivity index (χ0n) is 10.0. The first kappa shape index (κ1) is 17.3. The lowest BCUT2D eigenvalue weighted by Gasteiger charge is -2.06. The molecule has 2 N–H and O–H groups in total. The van der Waals surface area contributed by atoms with Gasteiger partial charge < -0.3 is 24.6 Å². The summed E-state index contributed by atoms with van der Waals surface area (Å²) in [5, 5.41) is 11.2. The molecule has 0 aliphatic rings. The van der Waals surface area contributed by atoms with Crippen molar-refractivity contribution in [2.45, 2.75) is 0 Å². The number of nitrogens with one attached hydrogen (secondary N) is 1. The van der Waals surface area contributed by atoms with Crippen molar-refractivity contribution in [3.63, 3.8) is 0 Å². The van der Waals surface area contributed by atoms with E-state index in [1.54, 1.807) is 0 Å². The van der Waals surface area contributed by atoms with Gasteiger partial charge in [0.1, 0.15) is 6.61 Å². The van der Waals surface area contributed by atoms with E-state index in [2.05, 4.69) is 21.2 Å². The number of hydrogen-bond donors (Lipinski definition) is 2. The molecule has 1 amide bonds. The largest absolute Gasteiger partial charge is 0.480 e.